The fourth-order valence-corrected chi connectivity index (χ4v) is 5.34. The highest BCUT2D eigenvalue weighted by Crippen LogP contribution is 2.36. The maximum absolute atomic E-state index is 14.0. The van der Waals surface area contributed by atoms with Gasteiger partial charge < -0.3 is 9.47 Å². The van der Waals surface area contributed by atoms with Gasteiger partial charge in [0, 0.05) is 22.2 Å². The number of anilines is 1. The average Bonchev–Trinajstić information content (AvgIpc) is 3.40. The summed E-state index contributed by atoms with van der Waals surface area (Å²) in [6.07, 6.45) is 0. The monoisotopic (exact) mass is 547 g/mol. The number of rotatable bonds is 9. The lowest BCUT2D eigenvalue weighted by Crippen LogP contribution is -2.32. The van der Waals surface area contributed by atoms with Crippen molar-refractivity contribution in [2.75, 3.05) is 18.5 Å². The van der Waals surface area contributed by atoms with Crippen molar-refractivity contribution in [3.8, 4) is 11.5 Å². The van der Waals surface area contributed by atoms with Crippen molar-refractivity contribution >= 4 is 44.7 Å². The third-order valence-corrected chi connectivity index (χ3v) is 7.54. The Morgan fingerprint density at radius 2 is 1.72 bits per heavy atom. The molecular weight excluding hydrogens is 529 g/mol. The Morgan fingerprint density at radius 3 is 2.39 bits per heavy atom. The smallest absolute Gasteiger partial charge is 0.264 e. The van der Waals surface area contributed by atoms with Crippen molar-refractivity contribution in [1.29, 1.82) is 0 Å². The summed E-state index contributed by atoms with van der Waals surface area (Å²) in [7, 11) is -1.46. The third kappa shape index (κ3) is 4.99. The fraction of sp³-hybridized carbons (Fsp3) is 0.130. The van der Waals surface area contributed by atoms with Gasteiger partial charge >= 0.3 is 0 Å². The number of ketones is 1. The molecule has 36 heavy (non-hydrogen) atoms. The molecule has 0 spiro atoms. The number of aromatic nitrogens is 4. The minimum atomic E-state index is -4.30. The minimum Gasteiger partial charge on any atom is -0.493 e. The summed E-state index contributed by atoms with van der Waals surface area (Å²) in [4.78, 5) is 13.4. The molecule has 0 aliphatic heterocycles. The number of aromatic amines is 1. The van der Waals surface area contributed by atoms with Crippen LogP contribution in [-0.4, -0.2) is 49.0 Å². The van der Waals surface area contributed by atoms with Crippen molar-refractivity contribution in [2.24, 2.45) is 0 Å². The van der Waals surface area contributed by atoms with Crippen LogP contribution >= 0.6 is 23.2 Å². The molecule has 1 aromatic heterocycles. The van der Waals surface area contributed by atoms with Gasteiger partial charge in [-0.1, -0.05) is 35.3 Å². The van der Waals surface area contributed by atoms with Gasteiger partial charge in [-0.25, -0.2) is 13.5 Å². The van der Waals surface area contributed by atoms with Gasteiger partial charge in [0.1, 0.15) is 0 Å². The topological polar surface area (TPSA) is 127 Å². The molecule has 0 saturated heterocycles. The molecule has 3 aromatic carbocycles. The van der Waals surface area contributed by atoms with Crippen LogP contribution in [0.2, 0.25) is 10.0 Å². The van der Waals surface area contributed by atoms with Gasteiger partial charge in [0.05, 0.1) is 36.4 Å². The lowest BCUT2D eigenvalue weighted by atomic mass is 10.0. The van der Waals surface area contributed by atoms with Gasteiger partial charge in [-0.15, -0.1) is 5.10 Å². The summed E-state index contributed by atoms with van der Waals surface area (Å²) in [5, 5.41) is 13.8. The van der Waals surface area contributed by atoms with E-state index in [9.17, 15) is 13.2 Å². The highest BCUT2D eigenvalue weighted by Gasteiger charge is 2.31. The van der Waals surface area contributed by atoms with Crippen LogP contribution < -0.4 is 13.8 Å². The summed E-state index contributed by atoms with van der Waals surface area (Å²) in [6, 6.07) is 14.9. The van der Waals surface area contributed by atoms with Crippen molar-refractivity contribution in [2.45, 2.75) is 11.4 Å². The highest BCUT2D eigenvalue weighted by molar-refractivity contribution is 7.92. The van der Waals surface area contributed by atoms with Crippen LogP contribution in [0.1, 0.15) is 21.7 Å². The van der Waals surface area contributed by atoms with Crippen LogP contribution in [0, 0.1) is 0 Å². The lowest BCUT2D eigenvalue weighted by Gasteiger charge is -2.26. The first-order valence-electron chi connectivity index (χ1n) is 10.3. The number of hydrogen-bond acceptors (Lipinski definition) is 8. The fourth-order valence-electron chi connectivity index (χ4n) is 3.48. The zero-order valence-corrected chi connectivity index (χ0v) is 21.3. The molecule has 0 bridgehead atoms. The quantitative estimate of drug-likeness (QED) is 0.309. The first-order chi connectivity index (χ1) is 17.3. The number of benzene rings is 3. The Morgan fingerprint density at radius 1 is 0.972 bits per heavy atom. The van der Waals surface area contributed by atoms with E-state index in [2.05, 4.69) is 20.6 Å². The molecule has 0 amide bonds. The van der Waals surface area contributed by atoms with E-state index >= 15 is 0 Å². The van der Waals surface area contributed by atoms with Gasteiger partial charge in [-0.2, -0.15) is 0 Å². The molecule has 4 aromatic rings. The largest absolute Gasteiger partial charge is 0.493 e. The van der Waals surface area contributed by atoms with E-state index in [1.54, 1.807) is 24.3 Å². The van der Waals surface area contributed by atoms with E-state index < -0.39 is 15.8 Å². The number of ether oxygens (including phenoxy) is 2. The number of nitrogens with one attached hydrogen (secondary N) is 1. The van der Waals surface area contributed by atoms with Crippen LogP contribution in [0.5, 0.6) is 11.5 Å². The maximum Gasteiger partial charge on any atom is 0.264 e. The summed E-state index contributed by atoms with van der Waals surface area (Å²) >= 11 is 12.5. The predicted octanol–water partition coefficient (Wildman–Crippen LogP) is 4.15. The van der Waals surface area contributed by atoms with E-state index in [0.717, 1.165) is 4.31 Å². The Kier molecular flexibility index (Phi) is 7.43. The number of methoxy groups -OCH3 is 2. The van der Waals surface area contributed by atoms with Crippen LogP contribution in [0.25, 0.3) is 0 Å². The standard InChI is InChI=1S/C23H19Cl2N5O5S/c1-34-20-10-8-15(12-21(20)35-2)36(32,33)30(13-22-26-28-29-27-22)19-9-7-14(24)11-17(19)23(31)16-5-3-4-6-18(16)25/h3-12H,13H2,1-2H3,(H,26,27,28,29). The second-order valence-electron chi connectivity index (χ2n) is 7.35. The number of H-pyrrole nitrogens is 1. The second kappa shape index (κ2) is 10.5. The Balaban J connectivity index is 1.91. The molecule has 0 unspecified atom stereocenters. The SMILES string of the molecule is COc1ccc(S(=O)(=O)N(Cc2nnn[nH]2)c2ccc(Cl)cc2C(=O)c2ccccc2Cl)cc1OC. The van der Waals surface area contributed by atoms with Crippen LogP contribution in [-0.2, 0) is 16.6 Å². The molecule has 0 atom stereocenters. The molecule has 13 heteroatoms. The van der Waals surface area contributed by atoms with E-state index in [-0.39, 0.29) is 49.9 Å². The number of nitrogens with zero attached hydrogens (tertiary/aromatic N) is 4. The van der Waals surface area contributed by atoms with Crippen molar-refractivity contribution in [1.82, 2.24) is 20.6 Å². The van der Waals surface area contributed by atoms with Crippen molar-refractivity contribution in [3.63, 3.8) is 0 Å². The number of halogens is 2. The maximum atomic E-state index is 14.0. The van der Waals surface area contributed by atoms with E-state index in [1.807, 2.05) is 0 Å². The molecule has 0 aliphatic carbocycles. The zero-order chi connectivity index (χ0) is 25.9. The van der Waals surface area contributed by atoms with Crippen molar-refractivity contribution < 1.29 is 22.7 Å². The second-order valence-corrected chi connectivity index (χ2v) is 10.1. The molecule has 10 nitrogen and oxygen atoms in total. The summed E-state index contributed by atoms with van der Waals surface area (Å²) in [5.41, 5.74) is 0.259. The molecule has 0 fully saturated rings. The number of carbonyl (C=O) groups excluding carboxylic acids is 1. The normalized spacial score (nSPS) is 11.2. The summed E-state index contributed by atoms with van der Waals surface area (Å²) in [5.74, 6) is 0.193. The molecule has 186 valence electrons. The number of carbonyl (C=O) groups is 1. The molecule has 1 N–H and O–H groups in total. The average molecular weight is 548 g/mol. The van der Waals surface area contributed by atoms with Gasteiger partial charge in [0.2, 0.25) is 0 Å². The summed E-state index contributed by atoms with van der Waals surface area (Å²) in [6.45, 7) is -0.311. The van der Waals surface area contributed by atoms with Gasteiger partial charge in [-0.3, -0.25) is 9.10 Å². The van der Waals surface area contributed by atoms with E-state index in [1.165, 1.54) is 50.6 Å². The van der Waals surface area contributed by atoms with Gasteiger partial charge in [0.15, 0.2) is 23.1 Å². The number of sulfonamides is 1. The minimum absolute atomic E-state index is 0.0205. The Labute approximate surface area is 216 Å². The Hall–Kier alpha value is -3.67. The molecule has 1 heterocycles. The highest BCUT2D eigenvalue weighted by atomic mass is 35.5. The van der Waals surface area contributed by atoms with Crippen LogP contribution in [0.15, 0.2) is 65.6 Å². The molecular formula is C23H19Cl2N5O5S. The molecule has 4 rings (SSSR count). The number of hydrogen-bond donors (Lipinski definition) is 1. The predicted molar refractivity (Wildman–Crippen MR) is 133 cm³/mol. The van der Waals surface area contributed by atoms with Gasteiger partial charge in [0.25, 0.3) is 10.0 Å². The zero-order valence-electron chi connectivity index (χ0n) is 19.0. The lowest BCUT2D eigenvalue weighted by molar-refractivity contribution is 0.103. The van der Waals surface area contributed by atoms with Crippen LogP contribution in [0.4, 0.5) is 5.69 Å². The van der Waals surface area contributed by atoms with Crippen molar-refractivity contribution in [3.05, 3.63) is 87.7 Å². The third-order valence-electron chi connectivity index (χ3n) is 5.22. The van der Waals surface area contributed by atoms with Crippen LogP contribution in [0.3, 0.4) is 0 Å². The van der Waals surface area contributed by atoms with Gasteiger partial charge in [-0.05, 0) is 52.9 Å². The van der Waals surface area contributed by atoms with E-state index in [4.69, 9.17) is 32.7 Å². The molecule has 0 aliphatic rings. The summed E-state index contributed by atoms with van der Waals surface area (Å²) < 4.78 is 39.4. The number of tetrazole rings is 1. The van der Waals surface area contributed by atoms with E-state index in [0.29, 0.717) is 5.75 Å². The Bertz CT molecular complexity index is 1510. The molecule has 0 saturated carbocycles. The first kappa shape index (κ1) is 25.4. The first-order valence-corrected chi connectivity index (χ1v) is 12.5. The molecule has 0 radical (unpaired) electrons.